The number of hydrogen-bond donors (Lipinski definition) is 1. The van der Waals surface area contributed by atoms with Gasteiger partial charge in [-0.15, -0.1) is 0 Å². The molecule has 0 radical (unpaired) electrons. The van der Waals surface area contributed by atoms with E-state index in [9.17, 15) is 0 Å². The second kappa shape index (κ2) is 6.57. The van der Waals surface area contributed by atoms with Crippen LogP contribution in [0.25, 0.3) is 0 Å². The molecule has 3 nitrogen and oxygen atoms in total. The second-order valence-electron chi connectivity index (χ2n) is 4.31. The van der Waals surface area contributed by atoms with Crippen LogP contribution in [0.2, 0.25) is 5.02 Å². The van der Waals surface area contributed by atoms with Crippen molar-refractivity contribution in [2.75, 3.05) is 6.54 Å². The molecule has 0 aliphatic carbocycles. The highest BCUT2D eigenvalue weighted by Crippen LogP contribution is 2.15. The lowest BCUT2D eigenvalue weighted by atomic mass is 10.2. The molecule has 0 saturated carbocycles. The van der Waals surface area contributed by atoms with E-state index < -0.39 is 0 Å². The lowest BCUT2D eigenvalue weighted by molar-refractivity contribution is 0.668. The third-order valence-corrected chi connectivity index (χ3v) is 3.10. The lowest BCUT2D eigenvalue weighted by Gasteiger charge is -2.04. The quantitative estimate of drug-likeness (QED) is 0.812. The van der Waals surface area contributed by atoms with Gasteiger partial charge in [-0.2, -0.15) is 5.10 Å². The lowest BCUT2D eigenvalue weighted by Crippen LogP contribution is -2.13. The predicted octanol–water partition coefficient (Wildman–Crippen LogP) is 3.08. The molecule has 0 aliphatic heterocycles. The number of rotatable bonds is 6. The Hall–Kier alpha value is -1.32. The van der Waals surface area contributed by atoms with E-state index in [1.807, 2.05) is 35.1 Å². The van der Waals surface area contributed by atoms with Crippen molar-refractivity contribution in [1.29, 1.82) is 0 Å². The minimum atomic E-state index is 0.716. The normalized spacial score (nSPS) is 10.8. The van der Waals surface area contributed by atoms with Crippen LogP contribution in [0.1, 0.15) is 24.5 Å². The average Bonchev–Trinajstić information content (AvgIpc) is 2.80. The van der Waals surface area contributed by atoms with E-state index >= 15 is 0 Å². The summed E-state index contributed by atoms with van der Waals surface area (Å²) in [4.78, 5) is 0. The number of benzene rings is 1. The number of nitrogens with one attached hydrogen (secondary N) is 1. The highest BCUT2D eigenvalue weighted by atomic mass is 35.5. The fourth-order valence-electron chi connectivity index (χ4n) is 1.79. The zero-order valence-corrected chi connectivity index (χ0v) is 11.3. The van der Waals surface area contributed by atoms with Crippen LogP contribution in [0.3, 0.4) is 0 Å². The maximum Gasteiger partial charge on any atom is 0.0674 e. The second-order valence-corrected chi connectivity index (χ2v) is 4.72. The Kier molecular flexibility index (Phi) is 4.79. The van der Waals surface area contributed by atoms with E-state index in [4.69, 9.17) is 11.6 Å². The third kappa shape index (κ3) is 3.59. The van der Waals surface area contributed by atoms with Crippen molar-refractivity contribution < 1.29 is 0 Å². The summed E-state index contributed by atoms with van der Waals surface area (Å²) in [5, 5.41) is 8.50. The van der Waals surface area contributed by atoms with Crippen LogP contribution in [0.5, 0.6) is 0 Å². The molecular weight excluding hydrogens is 246 g/mol. The molecule has 0 spiro atoms. The molecule has 2 rings (SSSR count). The van der Waals surface area contributed by atoms with E-state index in [1.54, 1.807) is 0 Å². The molecule has 2 aromatic rings. The van der Waals surface area contributed by atoms with Crippen molar-refractivity contribution in [3.63, 3.8) is 0 Å². The first-order valence-electron chi connectivity index (χ1n) is 6.25. The molecule has 4 heteroatoms. The molecule has 0 fully saturated rings. The Morgan fingerprint density at radius 2 is 2.17 bits per heavy atom. The molecule has 0 saturated heterocycles. The molecule has 0 bridgehead atoms. The van der Waals surface area contributed by atoms with Gasteiger partial charge in [-0.25, -0.2) is 0 Å². The molecule has 0 unspecified atom stereocenters. The molecule has 1 aromatic heterocycles. The van der Waals surface area contributed by atoms with Gasteiger partial charge in [-0.3, -0.25) is 4.68 Å². The van der Waals surface area contributed by atoms with Gasteiger partial charge in [0.15, 0.2) is 0 Å². The van der Waals surface area contributed by atoms with Gasteiger partial charge >= 0.3 is 0 Å². The minimum Gasteiger partial charge on any atom is -0.313 e. The fraction of sp³-hybridized carbons (Fsp3) is 0.357. The summed E-state index contributed by atoms with van der Waals surface area (Å²) in [6, 6.07) is 7.87. The monoisotopic (exact) mass is 263 g/mol. The summed E-state index contributed by atoms with van der Waals surface area (Å²) in [6.45, 7) is 4.79. The summed E-state index contributed by atoms with van der Waals surface area (Å²) < 4.78 is 1.92. The molecule has 0 atom stereocenters. The minimum absolute atomic E-state index is 0.716. The highest BCUT2D eigenvalue weighted by molar-refractivity contribution is 6.31. The van der Waals surface area contributed by atoms with Crippen molar-refractivity contribution in [2.45, 2.75) is 26.4 Å². The van der Waals surface area contributed by atoms with E-state index in [-0.39, 0.29) is 0 Å². The number of aromatic nitrogens is 2. The van der Waals surface area contributed by atoms with Gasteiger partial charge < -0.3 is 5.32 Å². The van der Waals surface area contributed by atoms with E-state index in [0.717, 1.165) is 30.1 Å². The van der Waals surface area contributed by atoms with Gasteiger partial charge in [0.1, 0.15) is 0 Å². The molecule has 18 heavy (non-hydrogen) atoms. The summed E-state index contributed by atoms with van der Waals surface area (Å²) >= 11 is 6.13. The first kappa shape index (κ1) is 13.1. The van der Waals surface area contributed by atoms with Crippen LogP contribution >= 0.6 is 11.6 Å². The Balaban J connectivity index is 1.96. The predicted molar refractivity (Wildman–Crippen MR) is 74.8 cm³/mol. The molecule has 0 aliphatic rings. The van der Waals surface area contributed by atoms with Crippen LogP contribution in [0.15, 0.2) is 36.7 Å². The van der Waals surface area contributed by atoms with Gasteiger partial charge in [-0.05, 0) is 24.6 Å². The summed E-state index contributed by atoms with van der Waals surface area (Å²) in [7, 11) is 0. The standard InChI is InChI=1S/C14H18ClN3/c1-2-7-16-8-12-9-17-18(10-12)11-13-5-3-4-6-14(13)15/h3-6,9-10,16H,2,7-8,11H2,1H3. The molecular formula is C14H18ClN3. The first-order chi connectivity index (χ1) is 8.79. The Morgan fingerprint density at radius 1 is 1.33 bits per heavy atom. The van der Waals surface area contributed by atoms with Crippen LogP contribution in [-0.2, 0) is 13.1 Å². The van der Waals surface area contributed by atoms with Crippen LogP contribution in [0.4, 0.5) is 0 Å². The third-order valence-electron chi connectivity index (χ3n) is 2.73. The number of hydrogen-bond acceptors (Lipinski definition) is 2. The fourth-order valence-corrected chi connectivity index (χ4v) is 1.99. The zero-order chi connectivity index (χ0) is 12.8. The molecule has 96 valence electrons. The molecule has 1 N–H and O–H groups in total. The van der Waals surface area contributed by atoms with Gasteiger partial charge in [0.25, 0.3) is 0 Å². The van der Waals surface area contributed by atoms with Gasteiger partial charge in [0, 0.05) is 23.3 Å². The van der Waals surface area contributed by atoms with E-state index in [1.165, 1.54) is 5.56 Å². The van der Waals surface area contributed by atoms with Crippen molar-refractivity contribution in [1.82, 2.24) is 15.1 Å². The molecule has 0 amide bonds. The Bertz CT molecular complexity index is 493. The van der Waals surface area contributed by atoms with Crippen LogP contribution in [0, 0.1) is 0 Å². The maximum absolute atomic E-state index is 6.13. The first-order valence-corrected chi connectivity index (χ1v) is 6.63. The summed E-state index contributed by atoms with van der Waals surface area (Å²) in [5.41, 5.74) is 2.30. The van der Waals surface area contributed by atoms with Crippen molar-refractivity contribution >= 4 is 11.6 Å². The van der Waals surface area contributed by atoms with E-state index in [2.05, 4.69) is 23.5 Å². The topological polar surface area (TPSA) is 29.9 Å². The maximum atomic E-state index is 6.13. The summed E-state index contributed by atoms with van der Waals surface area (Å²) in [6.07, 6.45) is 5.11. The SMILES string of the molecule is CCCNCc1cnn(Cc2ccccc2Cl)c1. The van der Waals surface area contributed by atoms with Crippen molar-refractivity contribution in [3.05, 3.63) is 52.8 Å². The smallest absolute Gasteiger partial charge is 0.0674 e. The summed E-state index contributed by atoms with van der Waals surface area (Å²) in [5.74, 6) is 0. The van der Waals surface area contributed by atoms with E-state index in [0.29, 0.717) is 6.54 Å². The number of nitrogens with zero attached hydrogens (tertiary/aromatic N) is 2. The zero-order valence-electron chi connectivity index (χ0n) is 10.6. The Morgan fingerprint density at radius 3 is 2.94 bits per heavy atom. The van der Waals surface area contributed by atoms with Crippen molar-refractivity contribution in [2.24, 2.45) is 0 Å². The molecule has 1 heterocycles. The Labute approximate surface area is 113 Å². The van der Waals surface area contributed by atoms with Gasteiger partial charge in [0.2, 0.25) is 0 Å². The highest BCUT2D eigenvalue weighted by Gasteiger charge is 2.02. The van der Waals surface area contributed by atoms with Crippen LogP contribution < -0.4 is 5.32 Å². The molecule has 1 aromatic carbocycles. The van der Waals surface area contributed by atoms with Crippen LogP contribution in [-0.4, -0.2) is 16.3 Å². The van der Waals surface area contributed by atoms with Gasteiger partial charge in [0.05, 0.1) is 12.7 Å². The van der Waals surface area contributed by atoms with Gasteiger partial charge in [-0.1, -0.05) is 36.7 Å². The number of halogens is 1. The largest absolute Gasteiger partial charge is 0.313 e. The average molecular weight is 264 g/mol. The van der Waals surface area contributed by atoms with Crippen molar-refractivity contribution in [3.8, 4) is 0 Å².